The van der Waals surface area contributed by atoms with Gasteiger partial charge in [0.25, 0.3) is 10.2 Å². The van der Waals surface area contributed by atoms with Gasteiger partial charge in [0.1, 0.15) is 18.1 Å². The van der Waals surface area contributed by atoms with Gasteiger partial charge in [0, 0.05) is 32.6 Å². The van der Waals surface area contributed by atoms with Crippen molar-refractivity contribution < 1.29 is 27.1 Å². The van der Waals surface area contributed by atoms with Crippen molar-refractivity contribution in [3.63, 3.8) is 0 Å². The van der Waals surface area contributed by atoms with E-state index in [4.69, 9.17) is 13.9 Å². The summed E-state index contributed by atoms with van der Waals surface area (Å²) in [5, 5.41) is 0. The lowest BCUT2D eigenvalue weighted by molar-refractivity contribution is -0.143. The highest BCUT2D eigenvalue weighted by molar-refractivity contribution is 7.86. The van der Waals surface area contributed by atoms with Crippen molar-refractivity contribution in [2.75, 3.05) is 33.9 Å². The van der Waals surface area contributed by atoms with E-state index in [2.05, 4.69) is 4.98 Å². The first kappa shape index (κ1) is 27.4. The molecule has 0 unspecified atom stereocenters. The highest BCUT2D eigenvalue weighted by atomic mass is 32.2. The summed E-state index contributed by atoms with van der Waals surface area (Å²) in [5.41, 5.74) is 3.59. The van der Waals surface area contributed by atoms with Crippen molar-refractivity contribution in [3.05, 3.63) is 71.1 Å². The lowest BCUT2D eigenvalue weighted by atomic mass is 10.1. The van der Waals surface area contributed by atoms with Crippen molar-refractivity contribution in [3.8, 4) is 17.2 Å². The van der Waals surface area contributed by atoms with Crippen LogP contribution in [0.1, 0.15) is 29.5 Å². The Morgan fingerprint density at radius 1 is 1.08 bits per heavy atom. The second-order valence-electron chi connectivity index (χ2n) is 8.50. The van der Waals surface area contributed by atoms with Crippen molar-refractivity contribution in [2.24, 2.45) is 0 Å². The van der Waals surface area contributed by atoms with Crippen LogP contribution in [-0.4, -0.2) is 61.8 Å². The molecule has 0 fully saturated rings. The third-order valence-corrected chi connectivity index (χ3v) is 7.29. The van der Waals surface area contributed by atoms with E-state index in [1.165, 1.54) is 19.7 Å². The van der Waals surface area contributed by atoms with Crippen LogP contribution in [0.2, 0.25) is 0 Å². The van der Waals surface area contributed by atoms with E-state index in [1.54, 1.807) is 31.2 Å². The number of nitrogens with zero attached hydrogens (tertiary/aromatic N) is 3. The number of ether oxygens (including phenoxy) is 2. The van der Waals surface area contributed by atoms with Gasteiger partial charge in [-0.1, -0.05) is 29.8 Å². The van der Waals surface area contributed by atoms with Gasteiger partial charge in [0.05, 0.1) is 18.9 Å². The molecule has 1 aromatic heterocycles. The summed E-state index contributed by atoms with van der Waals surface area (Å²) in [6, 6.07) is 15.1. The molecule has 0 aliphatic rings. The predicted molar refractivity (Wildman–Crippen MR) is 137 cm³/mol. The third-order valence-electron chi connectivity index (χ3n) is 5.45. The number of oxazole rings is 1. The van der Waals surface area contributed by atoms with Gasteiger partial charge in [-0.05, 0) is 50.6 Å². The number of esters is 1. The smallest absolute Gasteiger partial charge is 0.321 e. The lowest BCUT2D eigenvalue weighted by Gasteiger charge is -2.24. The van der Waals surface area contributed by atoms with Crippen LogP contribution in [0.5, 0.6) is 5.75 Å². The Morgan fingerprint density at radius 3 is 2.47 bits per heavy atom. The number of aryl methyl sites for hydroxylation is 2. The maximum absolute atomic E-state index is 12.7. The fraction of sp³-hybridized carbons (Fsp3) is 0.385. The van der Waals surface area contributed by atoms with Crippen LogP contribution in [0, 0.1) is 13.8 Å². The summed E-state index contributed by atoms with van der Waals surface area (Å²) < 4.78 is 44.3. The van der Waals surface area contributed by atoms with Crippen molar-refractivity contribution in [1.82, 2.24) is 13.6 Å². The molecule has 0 aliphatic carbocycles. The lowest BCUT2D eigenvalue weighted by Crippen LogP contribution is -2.42. The first-order valence-electron chi connectivity index (χ1n) is 11.7. The standard InChI is InChI=1S/C26H33N3O6S/c1-6-33-25(30)18-29(36(31,32)28(4)5)17-21-8-7-9-23(16-21)34-15-14-24-20(3)35-26(27-24)22-12-10-19(2)11-13-22/h7-13,16H,6,14-15,17-18H2,1-5H3. The summed E-state index contributed by atoms with van der Waals surface area (Å²) in [7, 11) is -0.998. The summed E-state index contributed by atoms with van der Waals surface area (Å²) in [4.78, 5) is 16.6. The summed E-state index contributed by atoms with van der Waals surface area (Å²) >= 11 is 0. The monoisotopic (exact) mass is 515 g/mol. The van der Waals surface area contributed by atoms with Gasteiger partial charge in [0.2, 0.25) is 5.89 Å². The number of hydrogen-bond donors (Lipinski definition) is 0. The molecule has 1 heterocycles. The molecule has 194 valence electrons. The summed E-state index contributed by atoms with van der Waals surface area (Å²) in [5.74, 6) is 1.30. The average Bonchev–Trinajstić information content (AvgIpc) is 3.19. The SMILES string of the molecule is CCOC(=O)CN(Cc1cccc(OCCc2nc(-c3ccc(C)cc3)oc2C)c1)S(=O)(=O)N(C)C. The molecule has 0 amide bonds. The van der Waals surface area contributed by atoms with Crippen LogP contribution in [0.15, 0.2) is 52.9 Å². The second kappa shape index (κ2) is 12.2. The van der Waals surface area contributed by atoms with E-state index in [-0.39, 0.29) is 19.7 Å². The average molecular weight is 516 g/mol. The van der Waals surface area contributed by atoms with Crippen LogP contribution < -0.4 is 4.74 Å². The number of carbonyl (C=O) groups excluding carboxylic acids is 1. The number of aromatic nitrogens is 1. The number of benzene rings is 2. The molecule has 2 aromatic carbocycles. The van der Waals surface area contributed by atoms with Crippen molar-refractivity contribution in [1.29, 1.82) is 0 Å². The maximum atomic E-state index is 12.7. The molecule has 9 nitrogen and oxygen atoms in total. The largest absolute Gasteiger partial charge is 0.493 e. The van der Waals surface area contributed by atoms with Gasteiger partial charge < -0.3 is 13.9 Å². The molecule has 0 saturated carbocycles. The van der Waals surface area contributed by atoms with Crippen molar-refractivity contribution in [2.45, 2.75) is 33.7 Å². The highest BCUT2D eigenvalue weighted by Gasteiger charge is 2.27. The summed E-state index contributed by atoms with van der Waals surface area (Å²) in [6.45, 7) is 5.74. The van der Waals surface area contributed by atoms with Crippen LogP contribution in [0.3, 0.4) is 0 Å². The van der Waals surface area contributed by atoms with Gasteiger partial charge in [0.15, 0.2) is 0 Å². The molecule has 10 heteroatoms. The Bertz CT molecular complexity index is 1270. The first-order chi connectivity index (χ1) is 17.1. The fourth-order valence-corrected chi connectivity index (χ4v) is 4.53. The van der Waals surface area contributed by atoms with Gasteiger partial charge in [-0.15, -0.1) is 0 Å². The molecule has 0 radical (unpaired) electrons. The second-order valence-corrected chi connectivity index (χ2v) is 10.6. The Labute approximate surface area is 212 Å². The molecular weight excluding hydrogens is 482 g/mol. The van der Waals surface area contributed by atoms with Gasteiger partial charge in [-0.25, -0.2) is 4.98 Å². The Morgan fingerprint density at radius 2 is 1.81 bits per heavy atom. The van der Waals surface area contributed by atoms with Crippen molar-refractivity contribution >= 4 is 16.2 Å². The minimum absolute atomic E-state index is 0.00116. The van der Waals surface area contributed by atoms with E-state index in [9.17, 15) is 13.2 Å². The minimum Gasteiger partial charge on any atom is -0.493 e. The highest BCUT2D eigenvalue weighted by Crippen LogP contribution is 2.23. The zero-order valence-electron chi connectivity index (χ0n) is 21.4. The number of hydrogen-bond acceptors (Lipinski definition) is 7. The Kier molecular flexibility index (Phi) is 9.25. The zero-order chi connectivity index (χ0) is 26.3. The van der Waals surface area contributed by atoms with E-state index in [0.717, 1.165) is 25.6 Å². The van der Waals surface area contributed by atoms with Crippen LogP contribution in [0.4, 0.5) is 0 Å². The maximum Gasteiger partial charge on any atom is 0.321 e. The fourth-order valence-electron chi connectivity index (χ4n) is 3.48. The van der Waals surface area contributed by atoms with E-state index in [1.807, 2.05) is 38.1 Å². The Hall–Kier alpha value is -3.21. The molecule has 36 heavy (non-hydrogen) atoms. The Balaban J connectivity index is 1.65. The van der Waals surface area contributed by atoms with E-state index >= 15 is 0 Å². The van der Waals surface area contributed by atoms with Gasteiger partial charge in [-0.3, -0.25) is 4.79 Å². The molecular formula is C26H33N3O6S. The van der Waals surface area contributed by atoms with E-state index in [0.29, 0.717) is 30.2 Å². The number of rotatable bonds is 12. The zero-order valence-corrected chi connectivity index (χ0v) is 22.2. The topological polar surface area (TPSA) is 102 Å². The number of carbonyl (C=O) groups is 1. The van der Waals surface area contributed by atoms with Crippen LogP contribution >= 0.6 is 0 Å². The molecule has 0 spiro atoms. The molecule has 0 saturated heterocycles. The molecule has 0 atom stereocenters. The molecule has 3 rings (SSSR count). The third kappa shape index (κ3) is 7.16. The quantitative estimate of drug-likeness (QED) is 0.339. The van der Waals surface area contributed by atoms with Gasteiger partial charge >= 0.3 is 5.97 Å². The van der Waals surface area contributed by atoms with Gasteiger partial charge in [-0.2, -0.15) is 17.0 Å². The molecule has 0 bridgehead atoms. The summed E-state index contributed by atoms with van der Waals surface area (Å²) in [6.07, 6.45) is 0.551. The minimum atomic E-state index is -3.84. The molecule has 0 N–H and O–H groups in total. The van der Waals surface area contributed by atoms with E-state index < -0.39 is 16.2 Å². The van der Waals surface area contributed by atoms with Crippen LogP contribution in [-0.2, 0) is 32.7 Å². The molecule has 0 aliphatic heterocycles. The molecule has 3 aromatic rings. The predicted octanol–water partition coefficient (Wildman–Crippen LogP) is 3.75. The first-order valence-corrected chi connectivity index (χ1v) is 13.1. The normalized spacial score (nSPS) is 11.8. The van der Waals surface area contributed by atoms with Crippen LogP contribution in [0.25, 0.3) is 11.5 Å².